The molecule has 7 aromatic carbocycles. The molecule has 7 aromatic rings. The lowest BCUT2D eigenvalue weighted by Gasteiger charge is -2.26. The summed E-state index contributed by atoms with van der Waals surface area (Å²) in [6.45, 7) is 27.9. The Morgan fingerprint density at radius 2 is 0.904 bits per heavy atom. The number of rotatable bonds is 2. The van der Waals surface area contributed by atoms with Crippen LogP contribution in [0.5, 0.6) is 0 Å². The van der Waals surface area contributed by atoms with Crippen molar-refractivity contribution in [3.05, 3.63) is 131 Å². The first-order valence-electron chi connectivity index (χ1n) is 19.2. The molecule has 0 heteroatoms. The van der Waals surface area contributed by atoms with Crippen LogP contribution >= 0.6 is 0 Å². The summed E-state index contributed by atoms with van der Waals surface area (Å²) in [6.07, 6.45) is 0. The van der Waals surface area contributed by atoms with Gasteiger partial charge in [0.2, 0.25) is 0 Å². The summed E-state index contributed by atoms with van der Waals surface area (Å²) in [5.74, 6) is 0. The molecule has 8 rings (SSSR count). The zero-order valence-corrected chi connectivity index (χ0v) is 33.4. The lowest BCUT2D eigenvalue weighted by Crippen LogP contribution is -2.14. The van der Waals surface area contributed by atoms with Crippen LogP contribution in [0.1, 0.15) is 105 Å². The van der Waals surface area contributed by atoms with Crippen LogP contribution in [0.4, 0.5) is 0 Å². The molecule has 0 saturated carbocycles. The molecule has 0 N–H and O–H groups in total. The second-order valence-corrected chi connectivity index (χ2v) is 19.5. The average Bonchev–Trinajstić information content (AvgIpc) is 3.39. The van der Waals surface area contributed by atoms with E-state index in [1.807, 2.05) is 0 Å². The third-order valence-electron chi connectivity index (χ3n) is 11.6. The van der Waals surface area contributed by atoms with Crippen LogP contribution in [0.15, 0.2) is 109 Å². The highest BCUT2D eigenvalue weighted by molar-refractivity contribution is 6.20. The highest BCUT2D eigenvalue weighted by atomic mass is 14.3. The van der Waals surface area contributed by atoms with Crippen LogP contribution in [0, 0.1) is 0 Å². The second-order valence-electron chi connectivity index (χ2n) is 19.5. The summed E-state index contributed by atoms with van der Waals surface area (Å²) in [7, 11) is 0. The van der Waals surface area contributed by atoms with E-state index in [1.54, 1.807) is 0 Å². The number of benzene rings is 7. The van der Waals surface area contributed by atoms with Crippen molar-refractivity contribution >= 4 is 32.3 Å². The van der Waals surface area contributed by atoms with Crippen molar-refractivity contribution in [2.75, 3.05) is 0 Å². The quantitative estimate of drug-likeness (QED) is 0.171. The van der Waals surface area contributed by atoms with Gasteiger partial charge in [0.15, 0.2) is 0 Å². The molecule has 0 unspecified atom stereocenters. The van der Waals surface area contributed by atoms with Crippen molar-refractivity contribution in [1.29, 1.82) is 0 Å². The van der Waals surface area contributed by atoms with E-state index in [0.29, 0.717) is 0 Å². The predicted molar refractivity (Wildman–Crippen MR) is 229 cm³/mol. The standard InChI is InChI=1S/C52H54/c1-49(2,3)34-20-22-37-31(26-34)18-25-46(52(10,11)12)47(37)33-17-21-38-42-24-23-39(40-14-13-15-41(48(40)42)44(38)28-33)45-30-36(51(7,8)9)27-32-16-19-35(29-43(32)45)50(4,5)6/h13-30H,1-12H3. The molecule has 0 atom stereocenters. The van der Waals surface area contributed by atoms with Crippen molar-refractivity contribution in [2.24, 2.45) is 0 Å². The fraction of sp³-hybridized carbons (Fsp3) is 0.308. The Labute approximate surface area is 311 Å². The van der Waals surface area contributed by atoms with Gasteiger partial charge in [0.05, 0.1) is 0 Å². The van der Waals surface area contributed by atoms with E-state index in [1.165, 1.54) is 99.1 Å². The Hall–Kier alpha value is -4.68. The highest BCUT2D eigenvalue weighted by Crippen LogP contribution is 2.52. The Kier molecular flexibility index (Phi) is 7.55. The Bertz CT molecular complexity index is 2580. The van der Waals surface area contributed by atoms with Crippen LogP contribution in [-0.4, -0.2) is 0 Å². The molecule has 0 heterocycles. The van der Waals surface area contributed by atoms with Gasteiger partial charge in [-0.3, -0.25) is 0 Å². The molecule has 0 bridgehead atoms. The monoisotopic (exact) mass is 678 g/mol. The van der Waals surface area contributed by atoms with Gasteiger partial charge in [-0.1, -0.05) is 180 Å². The third kappa shape index (κ3) is 5.58. The van der Waals surface area contributed by atoms with Gasteiger partial charge in [-0.15, -0.1) is 0 Å². The smallest absolute Gasteiger partial charge is 0.00201 e. The third-order valence-corrected chi connectivity index (χ3v) is 11.6. The van der Waals surface area contributed by atoms with E-state index < -0.39 is 0 Å². The molecule has 1 aliphatic rings. The molecule has 0 spiro atoms. The molecule has 0 nitrogen and oxygen atoms in total. The first-order valence-corrected chi connectivity index (χ1v) is 19.2. The molecular formula is C52H54. The molecule has 262 valence electrons. The van der Waals surface area contributed by atoms with Crippen LogP contribution in [-0.2, 0) is 21.7 Å². The maximum Gasteiger partial charge on any atom is -0.00201 e. The van der Waals surface area contributed by atoms with Crippen LogP contribution in [0.3, 0.4) is 0 Å². The first-order chi connectivity index (χ1) is 24.3. The van der Waals surface area contributed by atoms with Gasteiger partial charge < -0.3 is 0 Å². The lowest BCUT2D eigenvalue weighted by atomic mass is 9.78. The maximum absolute atomic E-state index is 2.48. The summed E-state index contributed by atoms with van der Waals surface area (Å²) in [6, 6.07) is 42.8. The fourth-order valence-corrected chi connectivity index (χ4v) is 8.46. The summed E-state index contributed by atoms with van der Waals surface area (Å²) in [4.78, 5) is 0. The summed E-state index contributed by atoms with van der Waals surface area (Å²) >= 11 is 0. The molecular weight excluding hydrogens is 625 g/mol. The van der Waals surface area contributed by atoms with Crippen LogP contribution in [0.2, 0.25) is 0 Å². The normalized spacial score (nSPS) is 13.4. The SMILES string of the molecule is CC(C)(C)c1cc(-c2ccc3c4c(cccc24)-c2cc(-c4c(C(C)(C)C)ccc5cc(C(C)(C)C)ccc45)ccc2-3)c2cc(C(C)(C)C)ccc2c1. The van der Waals surface area contributed by atoms with Gasteiger partial charge in [-0.25, -0.2) is 0 Å². The molecule has 0 radical (unpaired) electrons. The minimum atomic E-state index is 0.000332. The van der Waals surface area contributed by atoms with Gasteiger partial charge in [0, 0.05) is 0 Å². The first kappa shape index (κ1) is 34.4. The van der Waals surface area contributed by atoms with Gasteiger partial charge in [0.25, 0.3) is 0 Å². The van der Waals surface area contributed by atoms with Crippen molar-refractivity contribution in [1.82, 2.24) is 0 Å². The van der Waals surface area contributed by atoms with Crippen LogP contribution in [0.25, 0.3) is 76.8 Å². The molecule has 0 fully saturated rings. The predicted octanol–water partition coefficient (Wildman–Crippen LogP) is 15.3. The van der Waals surface area contributed by atoms with Crippen molar-refractivity contribution in [3.8, 4) is 44.5 Å². The zero-order valence-electron chi connectivity index (χ0n) is 33.4. The fourth-order valence-electron chi connectivity index (χ4n) is 8.46. The van der Waals surface area contributed by atoms with E-state index >= 15 is 0 Å². The van der Waals surface area contributed by atoms with Gasteiger partial charge in [-0.05, 0) is 133 Å². The molecule has 0 amide bonds. The lowest BCUT2D eigenvalue weighted by molar-refractivity contribution is 0.589. The van der Waals surface area contributed by atoms with Gasteiger partial charge in [-0.2, -0.15) is 0 Å². The van der Waals surface area contributed by atoms with E-state index in [2.05, 4.69) is 192 Å². The average molecular weight is 679 g/mol. The molecule has 0 aliphatic heterocycles. The highest BCUT2D eigenvalue weighted by Gasteiger charge is 2.28. The number of hydrogen-bond acceptors (Lipinski definition) is 0. The van der Waals surface area contributed by atoms with E-state index in [9.17, 15) is 0 Å². The minimum absolute atomic E-state index is 0.000332. The summed E-state index contributed by atoms with van der Waals surface area (Å²) in [5, 5.41) is 7.99. The molecule has 0 aromatic heterocycles. The van der Waals surface area contributed by atoms with Gasteiger partial charge in [0.1, 0.15) is 0 Å². The minimum Gasteiger partial charge on any atom is -0.0610 e. The number of fused-ring (bicyclic) bond motifs is 5. The topological polar surface area (TPSA) is 0 Å². The summed E-state index contributed by atoms with van der Waals surface area (Å²) < 4.78 is 0. The Morgan fingerprint density at radius 1 is 0.327 bits per heavy atom. The van der Waals surface area contributed by atoms with Gasteiger partial charge >= 0.3 is 0 Å². The zero-order chi connectivity index (χ0) is 37.1. The molecule has 0 saturated heterocycles. The largest absolute Gasteiger partial charge is 0.0610 e. The molecule has 52 heavy (non-hydrogen) atoms. The van der Waals surface area contributed by atoms with Crippen molar-refractivity contribution < 1.29 is 0 Å². The molecule has 1 aliphatic carbocycles. The van der Waals surface area contributed by atoms with Crippen LogP contribution < -0.4 is 0 Å². The maximum atomic E-state index is 2.48. The Morgan fingerprint density at radius 3 is 1.60 bits per heavy atom. The summed E-state index contributed by atoms with van der Waals surface area (Å²) in [5.41, 5.74) is 16.3. The van der Waals surface area contributed by atoms with E-state index in [-0.39, 0.29) is 21.7 Å². The van der Waals surface area contributed by atoms with E-state index in [0.717, 1.165) is 0 Å². The van der Waals surface area contributed by atoms with Crippen molar-refractivity contribution in [3.63, 3.8) is 0 Å². The number of hydrogen-bond donors (Lipinski definition) is 0. The Balaban J connectivity index is 1.36. The second kappa shape index (κ2) is 11.4. The van der Waals surface area contributed by atoms with E-state index in [4.69, 9.17) is 0 Å². The van der Waals surface area contributed by atoms with Crippen molar-refractivity contribution in [2.45, 2.75) is 105 Å².